The first-order valence-corrected chi connectivity index (χ1v) is 11.6. The Bertz CT molecular complexity index is 1250. The Balaban J connectivity index is 1.26. The Labute approximate surface area is 192 Å². The maximum absolute atomic E-state index is 12.9. The highest BCUT2D eigenvalue weighted by Gasteiger charge is 2.28. The lowest BCUT2D eigenvalue weighted by Crippen LogP contribution is -2.43. The van der Waals surface area contributed by atoms with Crippen molar-refractivity contribution in [2.45, 2.75) is 32.7 Å². The van der Waals surface area contributed by atoms with E-state index in [1.54, 1.807) is 6.33 Å². The van der Waals surface area contributed by atoms with E-state index in [1.165, 1.54) is 0 Å². The summed E-state index contributed by atoms with van der Waals surface area (Å²) < 4.78 is 11.7. The van der Waals surface area contributed by atoms with Crippen molar-refractivity contribution >= 4 is 33.8 Å². The van der Waals surface area contributed by atoms with E-state index in [0.717, 1.165) is 59.4 Å². The predicted octanol–water partition coefficient (Wildman–Crippen LogP) is 4.70. The van der Waals surface area contributed by atoms with E-state index < -0.39 is 0 Å². The normalized spacial score (nSPS) is 16.3. The molecule has 5 rings (SSSR count). The van der Waals surface area contributed by atoms with Crippen molar-refractivity contribution in [3.63, 3.8) is 0 Å². The summed E-state index contributed by atoms with van der Waals surface area (Å²) in [5, 5.41) is 4.08. The van der Waals surface area contributed by atoms with Gasteiger partial charge in [0.05, 0.1) is 12.5 Å². The average molecular weight is 445 g/mol. The molecule has 0 aliphatic carbocycles. The van der Waals surface area contributed by atoms with Crippen LogP contribution in [-0.4, -0.2) is 35.6 Å². The second-order valence-corrected chi connectivity index (χ2v) is 8.47. The van der Waals surface area contributed by atoms with Crippen molar-refractivity contribution in [2.75, 3.05) is 24.6 Å². The minimum absolute atomic E-state index is 0.0703. The standard InChI is InChI=1S/C26H28N4O3/c1-2-14-32-20-11-9-18(10-12-20)15-27-26(31)19-6-5-13-30(16-19)25-24-23(28-17-29-25)21-7-3-4-8-22(21)33-24/h3-4,7-12,17,19H,2,5-6,13-16H2,1H3,(H,27,31)/t19-/m1/s1. The molecule has 7 heteroatoms. The lowest BCUT2D eigenvalue weighted by Gasteiger charge is -2.32. The molecule has 1 aliphatic heterocycles. The van der Waals surface area contributed by atoms with E-state index >= 15 is 0 Å². The molecule has 0 spiro atoms. The molecular formula is C26H28N4O3. The molecule has 2 aromatic heterocycles. The minimum Gasteiger partial charge on any atom is -0.494 e. The second kappa shape index (κ2) is 9.48. The number of aromatic nitrogens is 2. The third kappa shape index (κ3) is 4.49. The summed E-state index contributed by atoms with van der Waals surface area (Å²) in [6, 6.07) is 15.8. The molecular weight excluding hydrogens is 416 g/mol. The number of para-hydroxylation sites is 1. The summed E-state index contributed by atoms with van der Waals surface area (Å²) >= 11 is 0. The van der Waals surface area contributed by atoms with Crippen molar-refractivity contribution < 1.29 is 13.9 Å². The molecule has 0 unspecified atom stereocenters. The Kier molecular flexibility index (Phi) is 6.11. The van der Waals surface area contributed by atoms with Crippen LogP contribution in [-0.2, 0) is 11.3 Å². The number of furan rings is 1. The van der Waals surface area contributed by atoms with Crippen LogP contribution < -0.4 is 15.0 Å². The molecule has 1 saturated heterocycles. The fourth-order valence-electron chi connectivity index (χ4n) is 4.38. The molecule has 3 heterocycles. The largest absolute Gasteiger partial charge is 0.494 e. The van der Waals surface area contributed by atoms with Gasteiger partial charge in [0.2, 0.25) is 5.91 Å². The van der Waals surface area contributed by atoms with Gasteiger partial charge in [-0.15, -0.1) is 0 Å². The monoisotopic (exact) mass is 444 g/mol. The molecule has 7 nitrogen and oxygen atoms in total. The topological polar surface area (TPSA) is 80.5 Å². The number of carbonyl (C=O) groups excluding carboxylic acids is 1. The van der Waals surface area contributed by atoms with E-state index in [0.29, 0.717) is 25.3 Å². The zero-order chi connectivity index (χ0) is 22.6. The molecule has 1 N–H and O–H groups in total. The van der Waals surface area contributed by atoms with Crippen LogP contribution in [0, 0.1) is 5.92 Å². The van der Waals surface area contributed by atoms with Crippen molar-refractivity contribution in [3.05, 3.63) is 60.4 Å². The fourth-order valence-corrected chi connectivity index (χ4v) is 4.38. The first-order chi connectivity index (χ1) is 16.2. The van der Waals surface area contributed by atoms with Crippen molar-refractivity contribution in [1.82, 2.24) is 15.3 Å². The summed E-state index contributed by atoms with van der Waals surface area (Å²) in [7, 11) is 0. The van der Waals surface area contributed by atoms with Crippen LogP contribution in [0.2, 0.25) is 0 Å². The van der Waals surface area contributed by atoms with Crippen LogP contribution in [0.4, 0.5) is 5.82 Å². The van der Waals surface area contributed by atoms with Crippen LogP contribution in [0.15, 0.2) is 59.3 Å². The molecule has 4 aromatic rings. The van der Waals surface area contributed by atoms with Crippen LogP contribution in [0.5, 0.6) is 5.75 Å². The van der Waals surface area contributed by atoms with Gasteiger partial charge in [-0.05, 0) is 49.1 Å². The molecule has 0 saturated carbocycles. The third-order valence-corrected chi connectivity index (χ3v) is 6.09. The first kappa shape index (κ1) is 21.2. The lowest BCUT2D eigenvalue weighted by atomic mass is 9.97. The number of benzene rings is 2. The summed E-state index contributed by atoms with van der Waals surface area (Å²) in [4.78, 5) is 24.1. The SMILES string of the molecule is CCCOc1ccc(CNC(=O)[C@@H]2CCCN(c3ncnc4c3oc3ccccc34)C2)cc1. The molecule has 33 heavy (non-hydrogen) atoms. The Hall–Kier alpha value is -3.61. The Morgan fingerprint density at radius 2 is 2.03 bits per heavy atom. The van der Waals surface area contributed by atoms with E-state index in [4.69, 9.17) is 9.15 Å². The van der Waals surface area contributed by atoms with Gasteiger partial charge in [0, 0.05) is 25.0 Å². The number of amides is 1. The Morgan fingerprint density at radius 1 is 1.18 bits per heavy atom. The number of fused-ring (bicyclic) bond motifs is 3. The van der Waals surface area contributed by atoms with Crippen LogP contribution >= 0.6 is 0 Å². The maximum Gasteiger partial charge on any atom is 0.225 e. The number of hydrogen-bond donors (Lipinski definition) is 1. The van der Waals surface area contributed by atoms with Gasteiger partial charge < -0.3 is 19.4 Å². The van der Waals surface area contributed by atoms with Gasteiger partial charge in [0.1, 0.15) is 23.2 Å². The molecule has 2 aromatic carbocycles. The number of anilines is 1. The van der Waals surface area contributed by atoms with Crippen LogP contribution in [0.25, 0.3) is 22.1 Å². The lowest BCUT2D eigenvalue weighted by molar-refractivity contribution is -0.125. The third-order valence-electron chi connectivity index (χ3n) is 6.09. The summed E-state index contributed by atoms with van der Waals surface area (Å²) in [6.45, 7) is 4.75. The van der Waals surface area contributed by atoms with Gasteiger partial charge in [-0.25, -0.2) is 9.97 Å². The van der Waals surface area contributed by atoms with Crippen molar-refractivity contribution in [3.8, 4) is 5.75 Å². The molecule has 1 fully saturated rings. The summed E-state index contributed by atoms with van der Waals surface area (Å²) in [5.41, 5.74) is 3.35. The van der Waals surface area contributed by atoms with Gasteiger partial charge in [-0.3, -0.25) is 4.79 Å². The summed E-state index contributed by atoms with van der Waals surface area (Å²) in [5.74, 6) is 1.59. The average Bonchev–Trinajstić information content (AvgIpc) is 3.25. The predicted molar refractivity (Wildman–Crippen MR) is 128 cm³/mol. The van der Waals surface area contributed by atoms with Crippen LogP contribution in [0.1, 0.15) is 31.7 Å². The maximum atomic E-state index is 12.9. The smallest absolute Gasteiger partial charge is 0.225 e. The number of piperidine rings is 1. The zero-order valence-electron chi connectivity index (χ0n) is 18.8. The van der Waals surface area contributed by atoms with Crippen LogP contribution in [0.3, 0.4) is 0 Å². The number of nitrogens with zero attached hydrogens (tertiary/aromatic N) is 3. The fraction of sp³-hybridized carbons (Fsp3) is 0.346. The number of rotatable bonds is 7. The molecule has 1 aliphatic rings. The Morgan fingerprint density at radius 3 is 2.88 bits per heavy atom. The summed E-state index contributed by atoms with van der Waals surface area (Å²) in [6.07, 6.45) is 4.35. The van der Waals surface area contributed by atoms with E-state index in [2.05, 4.69) is 27.1 Å². The first-order valence-electron chi connectivity index (χ1n) is 11.6. The quantitative estimate of drug-likeness (QED) is 0.445. The number of hydrogen-bond acceptors (Lipinski definition) is 6. The van der Waals surface area contributed by atoms with E-state index in [-0.39, 0.29) is 11.8 Å². The number of ether oxygens (including phenoxy) is 1. The molecule has 170 valence electrons. The highest BCUT2D eigenvalue weighted by atomic mass is 16.5. The van der Waals surface area contributed by atoms with Gasteiger partial charge in [-0.1, -0.05) is 31.2 Å². The van der Waals surface area contributed by atoms with Gasteiger partial charge in [0.15, 0.2) is 11.4 Å². The van der Waals surface area contributed by atoms with Gasteiger partial charge in [0.25, 0.3) is 0 Å². The number of nitrogens with one attached hydrogen (secondary N) is 1. The van der Waals surface area contributed by atoms with Gasteiger partial charge in [-0.2, -0.15) is 0 Å². The zero-order valence-corrected chi connectivity index (χ0v) is 18.8. The molecule has 0 bridgehead atoms. The minimum atomic E-state index is -0.0969. The van der Waals surface area contributed by atoms with E-state index in [9.17, 15) is 4.79 Å². The molecule has 1 amide bonds. The molecule has 0 radical (unpaired) electrons. The van der Waals surface area contributed by atoms with Crippen molar-refractivity contribution in [2.24, 2.45) is 5.92 Å². The van der Waals surface area contributed by atoms with Gasteiger partial charge >= 0.3 is 0 Å². The number of carbonyl (C=O) groups is 1. The van der Waals surface area contributed by atoms with E-state index in [1.807, 2.05) is 48.5 Å². The molecule has 1 atom stereocenters. The highest BCUT2D eigenvalue weighted by Crippen LogP contribution is 2.33. The van der Waals surface area contributed by atoms with Crippen molar-refractivity contribution in [1.29, 1.82) is 0 Å². The second-order valence-electron chi connectivity index (χ2n) is 8.47. The highest BCUT2D eigenvalue weighted by molar-refractivity contribution is 6.05.